The van der Waals surface area contributed by atoms with Crippen molar-refractivity contribution in [2.24, 2.45) is 0 Å². The second kappa shape index (κ2) is 3.42. The van der Waals surface area contributed by atoms with Gasteiger partial charge in [-0.15, -0.1) is 0 Å². The number of rotatable bonds is 2. The van der Waals surface area contributed by atoms with Crippen LogP contribution in [0.3, 0.4) is 0 Å². The Morgan fingerprint density at radius 2 is 2.00 bits per heavy atom. The molecule has 0 unspecified atom stereocenters. The zero-order valence-corrected chi connectivity index (χ0v) is 8.42. The van der Waals surface area contributed by atoms with Crippen molar-refractivity contribution in [2.75, 3.05) is 0 Å². The summed E-state index contributed by atoms with van der Waals surface area (Å²) in [6, 6.07) is 1.12. The molecule has 0 fully saturated rings. The van der Waals surface area contributed by atoms with Crippen LogP contribution in [0, 0.1) is 0 Å². The van der Waals surface area contributed by atoms with Gasteiger partial charge in [0.1, 0.15) is 0 Å². The lowest BCUT2D eigenvalue weighted by Gasteiger charge is -2.11. The fraction of sp³-hybridized carbons (Fsp3) is 0.714. The Kier molecular flexibility index (Phi) is 3.52. The molecule has 0 nitrogen and oxygen atoms in total. The Hall–Kier alpha value is 0.247. The third kappa shape index (κ3) is 6.13. The van der Waals surface area contributed by atoms with Crippen LogP contribution in [-0.2, 0) is 0 Å². The van der Waals surface area contributed by atoms with Crippen molar-refractivity contribution in [1.82, 2.24) is 0 Å². The maximum Gasteiger partial charge on any atom is 0.154 e. The van der Waals surface area contributed by atoms with E-state index in [1.807, 2.05) is 0 Å². The minimum Gasteiger partial charge on any atom is -0.167 e. The second-order valence-electron chi connectivity index (χ2n) is 3.03. The Balaban J connectivity index is 3.75. The first-order chi connectivity index (χ1) is 3.95. The van der Waals surface area contributed by atoms with Crippen molar-refractivity contribution in [1.29, 1.82) is 0 Å². The minimum atomic E-state index is -1.34. The normalized spacial score (nSPS) is 14.1. The average Bonchev–Trinajstić information content (AvgIpc) is 1.62. The highest BCUT2D eigenvalue weighted by Crippen LogP contribution is 2.19. The van der Waals surface area contributed by atoms with Gasteiger partial charge in [0.05, 0.1) is 0 Å². The summed E-state index contributed by atoms with van der Waals surface area (Å²) in [5.74, 6) is 0. The van der Waals surface area contributed by atoms with Crippen molar-refractivity contribution >= 4 is 18.5 Å². The van der Waals surface area contributed by atoms with E-state index in [2.05, 4.69) is 33.0 Å². The number of halogens is 1. The molecule has 9 heavy (non-hydrogen) atoms. The smallest absolute Gasteiger partial charge is 0.154 e. The first kappa shape index (κ1) is 9.25. The van der Waals surface area contributed by atoms with E-state index in [4.69, 9.17) is 11.1 Å². The van der Waals surface area contributed by atoms with E-state index in [1.54, 1.807) is 0 Å². The van der Waals surface area contributed by atoms with Gasteiger partial charge in [0.2, 0.25) is 0 Å². The van der Waals surface area contributed by atoms with Crippen LogP contribution in [0.25, 0.3) is 0 Å². The van der Waals surface area contributed by atoms with Crippen molar-refractivity contribution < 1.29 is 0 Å². The predicted octanol–water partition coefficient (Wildman–Crippen LogP) is 3.40. The van der Waals surface area contributed by atoms with E-state index in [1.165, 1.54) is 5.57 Å². The van der Waals surface area contributed by atoms with E-state index in [9.17, 15) is 0 Å². The molecule has 54 valence electrons. The molecule has 0 radical (unpaired) electrons. The second-order valence-corrected chi connectivity index (χ2v) is 9.89. The van der Waals surface area contributed by atoms with Crippen molar-refractivity contribution in [2.45, 2.75) is 33.0 Å². The fourth-order valence-corrected chi connectivity index (χ4v) is 2.93. The Morgan fingerprint density at radius 1 is 1.56 bits per heavy atom. The Morgan fingerprint density at radius 3 is 2.11 bits per heavy atom. The van der Waals surface area contributed by atoms with Crippen molar-refractivity contribution in [3.63, 3.8) is 0 Å². The van der Waals surface area contributed by atoms with Crippen molar-refractivity contribution in [3.05, 3.63) is 11.6 Å². The first-order valence-corrected chi connectivity index (χ1v) is 7.48. The molecule has 2 heteroatoms. The molecule has 0 spiro atoms. The summed E-state index contributed by atoms with van der Waals surface area (Å²) >= 11 is 6.10. The maximum atomic E-state index is 6.10. The van der Waals surface area contributed by atoms with Crippen LogP contribution >= 0.6 is 11.1 Å². The van der Waals surface area contributed by atoms with Crippen LogP contribution in [0.15, 0.2) is 11.6 Å². The molecule has 0 saturated carbocycles. The minimum absolute atomic E-state index is 1.12. The highest BCUT2D eigenvalue weighted by atomic mass is 35.6. The standard InChI is InChI=1S/C7H15ClSi/c1-5-7(2)6-9(3,4)8/h5H,6H2,1-4H3/b7-5+. The van der Waals surface area contributed by atoms with E-state index in [-0.39, 0.29) is 0 Å². The fourth-order valence-electron chi connectivity index (χ4n) is 0.765. The first-order valence-electron chi connectivity index (χ1n) is 3.26. The van der Waals surface area contributed by atoms with Crippen LogP contribution in [0.2, 0.25) is 19.1 Å². The molecule has 0 aliphatic carbocycles. The largest absolute Gasteiger partial charge is 0.167 e. The molecular formula is C7H15ClSi. The number of allylic oxidation sites excluding steroid dienone is 2. The third-order valence-electron chi connectivity index (χ3n) is 1.19. The quantitative estimate of drug-likeness (QED) is 0.332. The van der Waals surface area contributed by atoms with E-state index in [0.717, 1.165) is 6.04 Å². The highest BCUT2D eigenvalue weighted by molar-refractivity contribution is 7.19. The summed E-state index contributed by atoms with van der Waals surface area (Å²) in [5.41, 5.74) is 1.42. The molecular weight excluding hydrogens is 148 g/mol. The lowest BCUT2D eigenvalue weighted by Crippen LogP contribution is -2.15. The topological polar surface area (TPSA) is 0 Å². The van der Waals surface area contributed by atoms with Gasteiger partial charge in [0, 0.05) is 0 Å². The average molecular weight is 163 g/mol. The van der Waals surface area contributed by atoms with Gasteiger partial charge < -0.3 is 0 Å². The van der Waals surface area contributed by atoms with E-state index < -0.39 is 7.38 Å². The molecule has 0 aromatic heterocycles. The Labute approximate surface area is 63.6 Å². The van der Waals surface area contributed by atoms with Crippen molar-refractivity contribution in [3.8, 4) is 0 Å². The van der Waals surface area contributed by atoms with Gasteiger partial charge in [-0.25, -0.2) is 0 Å². The van der Waals surface area contributed by atoms with Gasteiger partial charge in [-0.2, -0.15) is 11.1 Å². The monoisotopic (exact) mass is 162 g/mol. The summed E-state index contributed by atoms with van der Waals surface area (Å²) in [6.07, 6.45) is 2.14. The molecule has 0 bridgehead atoms. The van der Waals surface area contributed by atoms with Gasteiger partial charge in [-0.1, -0.05) is 24.7 Å². The van der Waals surface area contributed by atoms with Crippen LogP contribution in [0.5, 0.6) is 0 Å². The zero-order valence-electron chi connectivity index (χ0n) is 6.66. The third-order valence-corrected chi connectivity index (χ3v) is 2.99. The molecule has 0 N–H and O–H groups in total. The SMILES string of the molecule is C/C=C(\C)C[Si](C)(C)Cl. The lowest BCUT2D eigenvalue weighted by molar-refractivity contribution is 1.32. The molecule has 0 amide bonds. The van der Waals surface area contributed by atoms with E-state index >= 15 is 0 Å². The molecule has 0 saturated heterocycles. The maximum absolute atomic E-state index is 6.10. The molecule has 0 aliphatic rings. The lowest BCUT2D eigenvalue weighted by atomic mass is 10.3. The van der Waals surface area contributed by atoms with Gasteiger partial charge >= 0.3 is 0 Å². The highest BCUT2D eigenvalue weighted by Gasteiger charge is 2.16. The van der Waals surface area contributed by atoms with E-state index in [0.29, 0.717) is 0 Å². The van der Waals surface area contributed by atoms with Gasteiger partial charge in [0.25, 0.3) is 0 Å². The van der Waals surface area contributed by atoms with Crippen LogP contribution in [-0.4, -0.2) is 7.38 Å². The predicted molar refractivity (Wildman–Crippen MR) is 47.6 cm³/mol. The summed E-state index contributed by atoms with van der Waals surface area (Å²) < 4.78 is 0. The number of hydrogen-bond donors (Lipinski definition) is 0. The Bertz CT molecular complexity index is 111. The van der Waals surface area contributed by atoms with Gasteiger partial charge in [-0.05, 0) is 19.9 Å². The summed E-state index contributed by atoms with van der Waals surface area (Å²) in [7, 11) is -1.34. The van der Waals surface area contributed by atoms with Gasteiger partial charge in [0.15, 0.2) is 7.38 Å². The summed E-state index contributed by atoms with van der Waals surface area (Å²) in [4.78, 5) is 0. The molecule has 0 heterocycles. The number of hydrogen-bond acceptors (Lipinski definition) is 0. The summed E-state index contributed by atoms with van der Waals surface area (Å²) in [6.45, 7) is 8.53. The van der Waals surface area contributed by atoms with Gasteiger partial charge in [-0.3, -0.25) is 0 Å². The molecule has 0 rings (SSSR count). The molecule has 0 aliphatic heterocycles. The van der Waals surface area contributed by atoms with Crippen LogP contribution in [0.1, 0.15) is 13.8 Å². The molecule has 0 aromatic carbocycles. The summed E-state index contributed by atoms with van der Waals surface area (Å²) in [5, 5.41) is 0. The molecule has 0 aromatic rings. The van der Waals surface area contributed by atoms with Crippen LogP contribution in [0.4, 0.5) is 0 Å². The molecule has 0 atom stereocenters. The zero-order chi connectivity index (χ0) is 7.49. The van der Waals surface area contributed by atoms with Crippen LogP contribution < -0.4 is 0 Å².